The summed E-state index contributed by atoms with van der Waals surface area (Å²) >= 11 is 5.93. The molecule has 94 valence electrons. The van der Waals surface area contributed by atoms with E-state index in [1.54, 1.807) is 0 Å². The predicted molar refractivity (Wildman–Crippen MR) is 77.1 cm³/mol. The highest BCUT2D eigenvalue weighted by Gasteiger charge is 2.30. The van der Waals surface area contributed by atoms with E-state index in [1.165, 1.54) is 21.4 Å². The molecule has 3 unspecified atom stereocenters. The van der Waals surface area contributed by atoms with Crippen molar-refractivity contribution in [1.82, 2.24) is 4.98 Å². The molecule has 1 aliphatic carbocycles. The van der Waals surface area contributed by atoms with Crippen LogP contribution in [0, 0.1) is 0 Å². The predicted octanol–water partition coefficient (Wildman–Crippen LogP) is 3.42. The quantitative estimate of drug-likeness (QED) is 0.858. The molecule has 17 heavy (non-hydrogen) atoms. The molecule has 1 aliphatic heterocycles. The molecular weight excluding hydrogens is 270 g/mol. The maximum Gasteiger partial charge on any atom is 0.107 e. The number of aromatic nitrogens is 1. The van der Waals surface area contributed by atoms with Crippen molar-refractivity contribution in [2.75, 3.05) is 11.5 Å². The summed E-state index contributed by atoms with van der Waals surface area (Å²) in [7, 11) is 0. The van der Waals surface area contributed by atoms with Gasteiger partial charge >= 0.3 is 0 Å². The Morgan fingerprint density at radius 1 is 1.29 bits per heavy atom. The number of aliphatic hydroxyl groups is 1. The molecule has 3 atom stereocenters. The first-order valence-electron chi connectivity index (χ1n) is 6.16. The van der Waals surface area contributed by atoms with Gasteiger partial charge in [0.2, 0.25) is 0 Å². The van der Waals surface area contributed by atoms with E-state index in [1.807, 2.05) is 23.1 Å². The molecule has 1 aromatic heterocycles. The standard InChI is InChI=1S/C12H17NOS3/c1-7-11(16-6-5-15-7)12-13-10-8(14)3-2-4-9(10)17-12/h7-8,11,14H,2-6H2,1H3. The highest BCUT2D eigenvalue weighted by molar-refractivity contribution is 8.06. The van der Waals surface area contributed by atoms with Crippen LogP contribution < -0.4 is 0 Å². The number of fused-ring (bicyclic) bond motifs is 1. The fraction of sp³-hybridized carbons (Fsp3) is 0.750. The van der Waals surface area contributed by atoms with Crippen LogP contribution in [0.15, 0.2) is 0 Å². The van der Waals surface area contributed by atoms with Gasteiger partial charge in [0.15, 0.2) is 0 Å². The summed E-state index contributed by atoms with van der Waals surface area (Å²) in [6, 6.07) is 0. The highest BCUT2D eigenvalue weighted by atomic mass is 32.2. The molecule has 3 rings (SSSR count). The summed E-state index contributed by atoms with van der Waals surface area (Å²) in [6.07, 6.45) is 2.81. The van der Waals surface area contributed by atoms with Crippen molar-refractivity contribution in [1.29, 1.82) is 0 Å². The van der Waals surface area contributed by atoms with Crippen molar-refractivity contribution in [3.05, 3.63) is 15.6 Å². The Hall–Kier alpha value is 0.290. The molecule has 0 aromatic carbocycles. The minimum absolute atomic E-state index is 0.305. The van der Waals surface area contributed by atoms with Crippen LogP contribution >= 0.6 is 34.9 Å². The number of thiazole rings is 1. The second-order valence-electron chi connectivity index (χ2n) is 4.64. The fourth-order valence-electron chi connectivity index (χ4n) is 2.44. The van der Waals surface area contributed by atoms with Crippen molar-refractivity contribution in [2.24, 2.45) is 0 Å². The van der Waals surface area contributed by atoms with Crippen LogP contribution in [-0.4, -0.2) is 26.8 Å². The van der Waals surface area contributed by atoms with Gasteiger partial charge < -0.3 is 5.11 Å². The van der Waals surface area contributed by atoms with Gasteiger partial charge in [-0.1, -0.05) is 6.92 Å². The minimum atomic E-state index is -0.305. The summed E-state index contributed by atoms with van der Waals surface area (Å²) in [5, 5.41) is 12.4. The Balaban J connectivity index is 1.88. The lowest BCUT2D eigenvalue weighted by atomic mass is 10.0. The molecular formula is C12H17NOS3. The second kappa shape index (κ2) is 5.11. The summed E-state index contributed by atoms with van der Waals surface area (Å²) in [4.78, 5) is 6.08. The normalized spacial score (nSPS) is 33.4. The molecule has 2 heterocycles. The zero-order valence-corrected chi connectivity index (χ0v) is 12.3. The third-order valence-corrected chi connectivity index (χ3v) is 7.83. The van der Waals surface area contributed by atoms with Crippen LogP contribution in [0.5, 0.6) is 0 Å². The van der Waals surface area contributed by atoms with E-state index in [0.717, 1.165) is 25.0 Å². The number of aryl methyl sites for hydroxylation is 1. The van der Waals surface area contributed by atoms with Gasteiger partial charge in [-0.2, -0.15) is 11.8 Å². The van der Waals surface area contributed by atoms with Gasteiger partial charge in [-0.15, -0.1) is 23.1 Å². The zero-order chi connectivity index (χ0) is 11.8. The summed E-state index contributed by atoms with van der Waals surface area (Å²) in [5.74, 6) is 2.49. The topological polar surface area (TPSA) is 33.1 Å². The summed E-state index contributed by atoms with van der Waals surface area (Å²) in [5.41, 5.74) is 0.986. The Labute approximate surface area is 115 Å². The monoisotopic (exact) mass is 287 g/mol. The average Bonchev–Trinajstić information content (AvgIpc) is 2.75. The Bertz CT molecular complexity index is 406. The molecule has 1 fully saturated rings. The van der Waals surface area contributed by atoms with Gasteiger partial charge in [-0.25, -0.2) is 4.98 Å². The summed E-state index contributed by atoms with van der Waals surface area (Å²) in [6.45, 7) is 2.30. The highest BCUT2D eigenvalue weighted by Crippen LogP contribution is 2.45. The third kappa shape index (κ3) is 2.39. The third-order valence-electron chi connectivity index (χ3n) is 3.37. The Kier molecular flexibility index (Phi) is 3.71. The molecule has 0 radical (unpaired) electrons. The van der Waals surface area contributed by atoms with Gasteiger partial charge in [0.05, 0.1) is 17.0 Å². The van der Waals surface area contributed by atoms with Gasteiger partial charge in [0.25, 0.3) is 0 Å². The summed E-state index contributed by atoms with van der Waals surface area (Å²) < 4.78 is 0. The molecule has 0 spiro atoms. The van der Waals surface area contributed by atoms with E-state index in [4.69, 9.17) is 4.98 Å². The van der Waals surface area contributed by atoms with Crippen LogP contribution in [-0.2, 0) is 6.42 Å². The number of hydrogen-bond acceptors (Lipinski definition) is 5. The van der Waals surface area contributed by atoms with Crippen LogP contribution in [0.1, 0.15) is 46.7 Å². The molecule has 2 nitrogen and oxygen atoms in total. The molecule has 0 amide bonds. The van der Waals surface area contributed by atoms with Crippen LogP contribution in [0.4, 0.5) is 0 Å². The van der Waals surface area contributed by atoms with E-state index in [0.29, 0.717) is 10.5 Å². The number of hydrogen-bond donors (Lipinski definition) is 1. The lowest BCUT2D eigenvalue weighted by Crippen LogP contribution is -2.15. The molecule has 2 aliphatic rings. The first-order chi connectivity index (χ1) is 8.25. The van der Waals surface area contributed by atoms with Gasteiger partial charge in [-0.3, -0.25) is 0 Å². The first kappa shape index (κ1) is 12.3. The van der Waals surface area contributed by atoms with Crippen molar-refractivity contribution >= 4 is 34.9 Å². The van der Waals surface area contributed by atoms with E-state index in [-0.39, 0.29) is 6.10 Å². The number of aliphatic hydroxyl groups excluding tert-OH is 1. The Morgan fingerprint density at radius 3 is 2.88 bits per heavy atom. The number of rotatable bonds is 1. The number of thioether (sulfide) groups is 2. The molecule has 5 heteroatoms. The maximum atomic E-state index is 9.97. The fourth-order valence-corrected chi connectivity index (χ4v) is 6.76. The molecule has 0 saturated carbocycles. The minimum Gasteiger partial charge on any atom is -0.387 e. The molecule has 1 N–H and O–H groups in total. The van der Waals surface area contributed by atoms with E-state index in [9.17, 15) is 5.11 Å². The molecule has 1 aromatic rings. The number of nitrogens with zero attached hydrogens (tertiary/aromatic N) is 1. The van der Waals surface area contributed by atoms with Gasteiger partial charge in [-0.05, 0) is 19.3 Å². The second-order valence-corrected chi connectivity index (χ2v) is 8.49. The van der Waals surface area contributed by atoms with E-state index < -0.39 is 0 Å². The SMILES string of the molecule is CC1SCCSC1c1nc2c(s1)CCCC2O. The van der Waals surface area contributed by atoms with Crippen molar-refractivity contribution < 1.29 is 5.11 Å². The molecule has 0 bridgehead atoms. The van der Waals surface area contributed by atoms with Crippen LogP contribution in [0.2, 0.25) is 0 Å². The van der Waals surface area contributed by atoms with Crippen molar-refractivity contribution in [3.8, 4) is 0 Å². The lowest BCUT2D eigenvalue weighted by Gasteiger charge is -2.25. The van der Waals surface area contributed by atoms with Crippen LogP contribution in [0.3, 0.4) is 0 Å². The smallest absolute Gasteiger partial charge is 0.107 e. The Morgan fingerprint density at radius 2 is 2.12 bits per heavy atom. The van der Waals surface area contributed by atoms with Gasteiger partial charge in [0.1, 0.15) is 5.01 Å². The largest absolute Gasteiger partial charge is 0.387 e. The molecule has 1 saturated heterocycles. The van der Waals surface area contributed by atoms with E-state index in [2.05, 4.69) is 18.7 Å². The average molecular weight is 287 g/mol. The lowest BCUT2D eigenvalue weighted by molar-refractivity contribution is 0.153. The van der Waals surface area contributed by atoms with E-state index >= 15 is 0 Å². The first-order valence-corrected chi connectivity index (χ1v) is 9.08. The maximum absolute atomic E-state index is 9.97. The van der Waals surface area contributed by atoms with Gasteiger partial charge in [0, 0.05) is 21.6 Å². The zero-order valence-electron chi connectivity index (χ0n) is 9.89. The van der Waals surface area contributed by atoms with Crippen LogP contribution in [0.25, 0.3) is 0 Å². The van der Waals surface area contributed by atoms with Crippen molar-refractivity contribution in [3.63, 3.8) is 0 Å². The van der Waals surface area contributed by atoms with Crippen molar-refractivity contribution in [2.45, 2.75) is 42.8 Å².